The van der Waals surface area contributed by atoms with Gasteiger partial charge in [-0.1, -0.05) is 40.2 Å². The quantitative estimate of drug-likeness (QED) is 0.669. The fourth-order valence-electron chi connectivity index (χ4n) is 1.62. The number of furan rings is 1. The maximum atomic E-state index is 11.7. The highest BCUT2D eigenvalue weighted by Crippen LogP contribution is 2.24. The average Bonchev–Trinajstić information content (AvgIpc) is 2.92. The predicted octanol–water partition coefficient (Wildman–Crippen LogP) is 3.67. The summed E-state index contributed by atoms with van der Waals surface area (Å²) in [5.41, 5.74) is 4.32. The van der Waals surface area contributed by atoms with Crippen LogP contribution >= 0.6 is 15.9 Å². The van der Waals surface area contributed by atoms with E-state index in [1.807, 2.05) is 36.4 Å². The van der Waals surface area contributed by atoms with Crippen LogP contribution in [0.5, 0.6) is 0 Å². The van der Waals surface area contributed by atoms with Crippen LogP contribution in [0.25, 0.3) is 11.3 Å². The molecule has 0 radical (unpaired) electrons. The molecule has 0 bridgehead atoms. The number of hydrogen-bond acceptors (Lipinski definition) is 3. The Hall–Kier alpha value is -1.59. The molecule has 1 N–H and O–H groups in total. The fraction of sp³-hybridized carbons (Fsp3) is 0.267. The highest BCUT2D eigenvalue weighted by Gasteiger charge is 2.23. The predicted molar refractivity (Wildman–Crippen MR) is 80.1 cm³/mol. The largest absolute Gasteiger partial charge is 0.464 e. The minimum atomic E-state index is -0.659. The van der Waals surface area contributed by atoms with Crippen molar-refractivity contribution in [1.29, 1.82) is 0 Å². The summed E-state index contributed by atoms with van der Waals surface area (Å²) in [7, 11) is 0. The van der Waals surface area contributed by atoms with Gasteiger partial charge in [-0.15, -0.1) is 0 Å². The molecule has 0 aliphatic rings. The van der Waals surface area contributed by atoms with Gasteiger partial charge >= 0.3 is 0 Å². The number of nitrogens with one attached hydrogen (secondary N) is 1. The maximum Gasteiger partial charge on any atom is 0.259 e. The molecule has 4 nitrogen and oxygen atoms in total. The summed E-state index contributed by atoms with van der Waals surface area (Å²) in [6, 6.07) is 11.5. The number of hydroxylamine groups is 1. The molecule has 0 saturated heterocycles. The third-order valence-corrected chi connectivity index (χ3v) is 3.10. The van der Waals surface area contributed by atoms with Gasteiger partial charge in [0.05, 0.1) is 6.26 Å². The van der Waals surface area contributed by atoms with Gasteiger partial charge in [0, 0.05) is 5.56 Å². The minimum Gasteiger partial charge on any atom is -0.464 e. The number of carbonyl (C=O) groups excluding carboxylic acids is 1. The van der Waals surface area contributed by atoms with Crippen molar-refractivity contribution in [2.24, 2.45) is 0 Å². The van der Waals surface area contributed by atoms with E-state index >= 15 is 0 Å². The molecular formula is C15H16BrNO3. The van der Waals surface area contributed by atoms with E-state index in [1.165, 1.54) is 0 Å². The van der Waals surface area contributed by atoms with Crippen LogP contribution in [0.1, 0.15) is 19.4 Å². The monoisotopic (exact) mass is 337 g/mol. The minimum absolute atomic E-state index is 0.229. The molecule has 0 aliphatic heterocycles. The molecule has 1 aromatic carbocycles. The number of rotatable bonds is 5. The van der Waals surface area contributed by atoms with Crippen LogP contribution in [0, 0.1) is 0 Å². The molecule has 1 heterocycles. The van der Waals surface area contributed by atoms with Gasteiger partial charge in [-0.05, 0) is 31.5 Å². The molecular weight excluding hydrogens is 322 g/mol. The van der Waals surface area contributed by atoms with Gasteiger partial charge in [0.2, 0.25) is 0 Å². The number of carbonyl (C=O) groups is 1. The molecule has 0 spiro atoms. The van der Waals surface area contributed by atoms with Gasteiger partial charge in [0.15, 0.2) is 0 Å². The van der Waals surface area contributed by atoms with Gasteiger partial charge in [-0.2, -0.15) is 0 Å². The smallest absolute Gasteiger partial charge is 0.259 e. The van der Waals surface area contributed by atoms with E-state index in [-0.39, 0.29) is 12.5 Å². The fourth-order valence-corrected chi connectivity index (χ4v) is 1.70. The first-order valence-corrected chi connectivity index (χ1v) is 7.00. The van der Waals surface area contributed by atoms with E-state index in [0.717, 1.165) is 16.9 Å². The molecule has 2 rings (SSSR count). The van der Waals surface area contributed by atoms with E-state index in [1.54, 1.807) is 20.1 Å². The first-order chi connectivity index (χ1) is 9.48. The lowest BCUT2D eigenvalue weighted by Crippen LogP contribution is -2.37. The Morgan fingerprint density at radius 1 is 1.30 bits per heavy atom. The first kappa shape index (κ1) is 14.8. The second-order valence-corrected chi connectivity index (χ2v) is 6.81. The number of amides is 1. The number of benzene rings is 1. The van der Waals surface area contributed by atoms with E-state index in [4.69, 9.17) is 9.25 Å². The zero-order valence-electron chi connectivity index (χ0n) is 11.4. The maximum absolute atomic E-state index is 11.7. The zero-order valence-corrected chi connectivity index (χ0v) is 12.9. The Balaban J connectivity index is 2.02. The SMILES string of the molecule is CC(C)(Br)C(=O)NOCc1ccccc1-c1ccco1. The van der Waals surface area contributed by atoms with Crippen molar-refractivity contribution >= 4 is 21.8 Å². The van der Waals surface area contributed by atoms with Crippen LogP contribution in [0.2, 0.25) is 0 Å². The van der Waals surface area contributed by atoms with Gasteiger partial charge in [0.1, 0.15) is 16.7 Å². The van der Waals surface area contributed by atoms with Crippen molar-refractivity contribution in [3.05, 3.63) is 48.2 Å². The number of halogens is 1. The Labute approximate surface area is 126 Å². The lowest BCUT2D eigenvalue weighted by molar-refractivity contribution is -0.136. The highest BCUT2D eigenvalue weighted by atomic mass is 79.9. The molecule has 0 fully saturated rings. The number of hydrogen-bond donors (Lipinski definition) is 1. The summed E-state index contributed by atoms with van der Waals surface area (Å²) in [5.74, 6) is 0.546. The zero-order chi connectivity index (χ0) is 14.6. The second-order valence-electron chi connectivity index (χ2n) is 4.83. The van der Waals surface area contributed by atoms with Crippen molar-refractivity contribution in [3.8, 4) is 11.3 Å². The Morgan fingerprint density at radius 2 is 2.05 bits per heavy atom. The molecule has 5 heteroatoms. The second kappa shape index (κ2) is 6.24. The van der Waals surface area contributed by atoms with E-state index < -0.39 is 4.32 Å². The van der Waals surface area contributed by atoms with Crippen molar-refractivity contribution < 1.29 is 14.0 Å². The van der Waals surface area contributed by atoms with Crippen LogP contribution in [0.4, 0.5) is 0 Å². The molecule has 0 aliphatic carbocycles. The standard InChI is InChI=1S/C15H16BrNO3/c1-15(2,16)14(18)17-20-10-11-6-3-4-7-12(11)13-8-5-9-19-13/h3-9H,10H2,1-2H3,(H,17,18). The third kappa shape index (κ3) is 3.71. The van der Waals surface area contributed by atoms with E-state index in [9.17, 15) is 4.79 Å². The lowest BCUT2D eigenvalue weighted by Gasteiger charge is -2.16. The van der Waals surface area contributed by atoms with Crippen LogP contribution in [-0.2, 0) is 16.2 Å². The van der Waals surface area contributed by atoms with Crippen LogP contribution < -0.4 is 5.48 Å². The van der Waals surface area contributed by atoms with Crippen molar-refractivity contribution in [2.75, 3.05) is 0 Å². The van der Waals surface area contributed by atoms with Crippen molar-refractivity contribution in [3.63, 3.8) is 0 Å². The molecule has 1 aromatic heterocycles. The molecule has 20 heavy (non-hydrogen) atoms. The normalized spacial score (nSPS) is 11.3. The molecule has 106 valence electrons. The van der Waals surface area contributed by atoms with E-state index in [2.05, 4.69) is 21.4 Å². The molecule has 0 saturated carbocycles. The topological polar surface area (TPSA) is 51.5 Å². The third-order valence-electron chi connectivity index (χ3n) is 2.74. The molecule has 1 amide bonds. The molecule has 0 atom stereocenters. The van der Waals surface area contributed by atoms with Crippen molar-refractivity contribution in [2.45, 2.75) is 24.8 Å². The summed E-state index contributed by atoms with van der Waals surface area (Å²) in [5, 5.41) is 0. The highest BCUT2D eigenvalue weighted by molar-refractivity contribution is 9.10. The Kier molecular flexibility index (Phi) is 4.62. The summed E-state index contributed by atoms with van der Waals surface area (Å²) < 4.78 is 4.73. The van der Waals surface area contributed by atoms with Crippen LogP contribution in [0.3, 0.4) is 0 Å². The Bertz CT molecular complexity index is 573. The van der Waals surface area contributed by atoms with Gasteiger partial charge in [0.25, 0.3) is 5.91 Å². The first-order valence-electron chi connectivity index (χ1n) is 6.21. The van der Waals surface area contributed by atoms with Gasteiger partial charge in [-0.25, -0.2) is 5.48 Å². The lowest BCUT2D eigenvalue weighted by atomic mass is 10.1. The van der Waals surface area contributed by atoms with Crippen molar-refractivity contribution in [1.82, 2.24) is 5.48 Å². The van der Waals surface area contributed by atoms with Gasteiger partial charge in [-0.3, -0.25) is 9.63 Å². The van der Waals surface area contributed by atoms with Crippen LogP contribution in [-0.4, -0.2) is 10.2 Å². The summed E-state index contributed by atoms with van der Waals surface area (Å²) in [6.45, 7) is 3.77. The van der Waals surface area contributed by atoms with Crippen LogP contribution in [0.15, 0.2) is 47.1 Å². The van der Waals surface area contributed by atoms with E-state index in [0.29, 0.717) is 0 Å². The Morgan fingerprint density at radius 3 is 2.70 bits per heavy atom. The molecule has 0 unspecified atom stereocenters. The number of alkyl halides is 1. The summed E-state index contributed by atoms with van der Waals surface area (Å²) in [4.78, 5) is 16.9. The average molecular weight is 338 g/mol. The summed E-state index contributed by atoms with van der Waals surface area (Å²) in [6.07, 6.45) is 1.63. The van der Waals surface area contributed by atoms with Gasteiger partial charge < -0.3 is 4.42 Å². The summed E-state index contributed by atoms with van der Waals surface area (Å²) >= 11 is 3.27. The molecule has 2 aromatic rings.